The second kappa shape index (κ2) is 7.60. The smallest absolute Gasteiger partial charge is 0.252 e. The highest BCUT2D eigenvalue weighted by molar-refractivity contribution is 9.11. The average Bonchev–Trinajstić information content (AvgIpc) is 2.50. The number of hydrazone groups is 1. The monoisotopic (exact) mass is 444 g/mol. The van der Waals surface area contributed by atoms with Crippen molar-refractivity contribution < 1.29 is 10.2 Å². The molecular weight excluding hydrogens is 432 g/mol. The molecule has 0 saturated heterocycles. The molecule has 0 unspecified atom stereocenters. The number of phenols is 2. The number of aryl methyl sites for hydroxylation is 1. The lowest BCUT2D eigenvalue weighted by atomic mass is 10.2. The Morgan fingerprint density at radius 2 is 2.09 bits per heavy atom. The molecule has 0 aliphatic heterocycles. The molecule has 1 aromatic heterocycles. The van der Waals surface area contributed by atoms with Gasteiger partial charge in [0.2, 0.25) is 5.95 Å². The molecule has 0 amide bonds. The molecule has 0 fully saturated rings. The van der Waals surface area contributed by atoms with Crippen molar-refractivity contribution >= 4 is 44.0 Å². The van der Waals surface area contributed by atoms with Crippen LogP contribution in [-0.4, -0.2) is 26.4 Å². The summed E-state index contributed by atoms with van der Waals surface area (Å²) in [5, 5.41) is 23.5. The van der Waals surface area contributed by atoms with Crippen molar-refractivity contribution in [1.29, 1.82) is 0 Å². The van der Waals surface area contributed by atoms with Gasteiger partial charge in [-0.25, -0.2) is 10.4 Å². The molecular formula is C14H14Br2N4O3. The van der Waals surface area contributed by atoms with Crippen molar-refractivity contribution in [1.82, 2.24) is 9.97 Å². The first-order chi connectivity index (χ1) is 10.9. The minimum Gasteiger partial charge on any atom is -0.506 e. The molecule has 0 aliphatic rings. The average molecular weight is 446 g/mol. The zero-order valence-corrected chi connectivity index (χ0v) is 15.3. The van der Waals surface area contributed by atoms with Crippen LogP contribution in [0, 0.1) is 0 Å². The molecule has 0 radical (unpaired) electrons. The lowest BCUT2D eigenvalue weighted by Gasteiger charge is -2.06. The second-order valence-electron chi connectivity index (χ2n) is 4.66. The van der Waals surface area contributed by atoms with Gasteiger partial charge in [0.15, 0.2) is 0 Å². The van der Waals surface area contributed by atoms with Crippen LogP contribution in [0.25, 0.3) is 0 Å². The van der Waals surface area contributed by atoms with Crippen LogP contribution < -0.4 is 11.0 Å². The number of phenolic OH excluding ortho intramolecular Hbond substituents is 2. The number of aromatic nitrogens is 2. The van der Waals surface area contributed by atoms with Gasteiger partial charge in [-0.05, 0) is 44.3 Å². The number of benzene rings is 1. The number of anilines is 1. The largest absolute Gasteiger partial charge is 0.506 e. The molecule has 2 aromatic rings. The van der Waals surface area contributed by atoms with E-state index in [-0.39, 0.29) is 27.5 Å². The third-order valence-electron chi connectivity index (χ3n) is 2.87. The maximum Gasteiger partial charge on any atom is 0.252 e. The first kappa shape index (κ1) is 17.5. The first-order valence-electron chi connectivity index (χ1n) is 6.71. The van der Waals surface area contributed by atoms with E-state index in [1.807, 2.05) is 6.92 Å². The fraction of sp³-hybridized carbons (Fsp3) is 0.214. The Morgan fingerprint density at radius 3 is 2.78 bits per heavy atom. The number of H-pyrrole nitrogens is 1. The van der Waals surface area contributed by atoms with Gasteiger partial charge in [-0.1, -0.05) is 13.3 Å². The van der Waals surface area contributed by atoms with Gasteiger partial charge in [-0.15, -0.1) is 0 Å². The molecule has 1 heterocycles. The van der Waals surface area contributed by atoms with Crippen LogP contribution in [0.4, 0.5) is 5.95 Å². The quantitative estimate of drug-likeness (QED) is 0.417. The van der Waals surface area contributed by atoms with Crippen LogP contribution in [-0.2, 0) is 6.42 Å². The SMILES string of the molecule is CCCc1cc(=O)[nH]c(N/N=C/c2cc(Br)c(O)c(Br)c2O)n1. The zero-order valence-electron chi connectivity index (χ0n) is 12.1. The standard InChI is InChI=1S/C14H14Br2N4O3/c1-2-3-8-5-10(21)19-14(18-8)20-17-6-7-4-9(15)13(23)11(16)12(7)22/h4-6,22-23H,2-3H2,1H3,(H2,18,19,20,21)/b17-6+. The van der Waals surface area contributed by atoms with Crippen LogP contribution in [0.2, 0.25) is 0 Å². The van der Waals surface area contributed by atoms with Crippen molar-refractivity contribution in [3.05, 3.63) is 42.7 Å². The summed E-state index contributed by atoms with van der Waals surface area (Å²) in [6.07, 6.45) is 2.92. The van der Waals surface area contributed by atoms with Crippen LogP contribution in [0.15, 0.2) is 31.0 Å². The summed E-state index contributed by atoms with van der Waals surface area (Å²) >= 11 is 6.25. The number of rotatable bonds is 5. The predicted molar refractivity (Wildman–Crippen MR) is 95.2 cm³/mol. The van der Waals surface area contributed by atoms with E-state index in [2.05, 4.69) is 52.4 Å². The van der Waals surface area contributed by atoms with E-state index < -0.39 is 0 Å². The van der Waals surface area contributed by atoms with Crippen LogP contribution >= 0.6 is 31.9 Å². The van der Waals surface area contributed by atoms with Gasteiger partial charge >= 0.3 is 0 Å². The molecule has 4 N–H and O–H groups in total. The molecule has 9 heteroatoms. The van der Waals surface area contributed by atoms with E-state index in [9.17, 15) is 15.0 Å². The Morgan fingerprint density at radius 1 is 1.35 bits per heavy atom. The summed E-state index contributed by atoms with van der Waals surface area (Å²) in [6.45, 7) is 2.00. The second-order valence-corrected chi connectivity index (χ2v) is 6.31. The lowest BCUT2D eigenvalue weighted by Crippen LogP contribution is -2.12. The van der Waals surface area contributed by atoms with Gasteiger partial charge < -0.3 is 10.2 Å². The summed E-state index contributed by atoms with van der Waals surface area (Å²) in [5.74, 6) is -0.0445. The van der Waals surface area contributed by atoms with Gasteiger partial charge in [-0.3, -0.25) is 9.78 Å². The Labute approximate surface area is 148 Å². The first-order valence-corrected chi connectivity index (χ1v) is 8.30. The predicted octanol–water partition coefficient (Wildman–Crippen LogP) is 3.10. The molecule has 122 valence electrons. The van der Waals surface area contributed by atoms with Gasteiger partial charge in [-0.2, -0.15) is 5.10 Å². The lowest BCUT2D eigenvalue weighted by molar-refractivity contribution is 0.442. The summed E-state index contributed by atoms with van der Waals surface area (Å²) in [7, 11) is 0. The molecule has 2 rings (SSSR count). The van der Waals surface area contributed by atoms with Crippen LogP contribution in [0.5, 0.6) is 11.5 Å². The van der Waals surface area contributed by atoms with Crippen molar-refractivity contribution in [2.75, 3.05) is 5.43 Å². The summed E-state index contributed by atoms with van der Waals surface area (Å²) < 4.78 is 0.560. The van der Waals surface area contributed by atoms with E-state index in [4.69, 9.17) is 0 Å². The van der Waals surface area contributed by atoms with Crippen LogP contribution in [0.3, 0.4) is 0 Å². The number of aromatic hydroxyl groups is 2. The van der Waals surface area contributed by atoms with Crippen molar-refractivity contribution in [2.45, 2.75) is 19.8 Å². The molecule has 0 bridgehead atoms. The molecule has 0 atom stereocenters. The number of hydrogen-bond donors (Lipinski definition) is 4. The molecule has 7 nitrogen and oxygen atoms in total. The fourth-order valence-corrected chi connectivity index (χ4v) is 2.98. The number of nitrogens with one attached hydrogen (secondary N) is 2. The van der Waals surface area contributed by atoms with Crippen LogP contribution in [0.1, 0.15) is 24.6 Å². The maximum absolute atomic E-state index is 11.5. The molecule has 0 spiro atoms. The van der Waals surface area contributed by atoms with Crippen molar-refractivity contribution in [3.8, 4) is 11.5 Å². The van der Waals surface area contributed by atoms with E-state index in [0.717, 1.165) is 6.42 Å². The Bertz CT molecular complexity index is 805. The molecule has 0 saturated carbocycles. The van der Waals surface area contributed by atoms with E-state index in [1.54, 1.807) is 0 Å². The molecule has 1 aromatic carbocycles. The van der Waals surface area contributed by atoms with Gasteiger partial charge in [0.05, 0.1) is 10.7 Å². The minimum absolute atomic E-state index is 0.106. The van der Waals surface area contributed by atoms with Gasteiger partial charge in [0.25, 0.3) is 5.56 Å². The summed E-state index contributed by atoms with van der Waals surface area (Å²) in [5.41, 5.74) is 3.38. The van der Waals surface area contributed by atoms with Gasteiger partial charge in [0.1, 0.15) is 16.0 Å². The molecule has 0 aliphatic carbocycles. The fourth-order valence-electron chi connectivity index (χ4n) is 1.82. The highest BCUT2D eigenvalue weighted by atomic mass is 79.9. The summed E-state index contributed by atoms with van der Waals surface area (Å²) in [6, 6.07) is 2.95. The van der Waals surface area contributed by atoms with E-state index in [1.165, 1.54) is 18.3 Å². The zero-order chi connectivity index (χ0) is 17.0. The minimum atomic E-state index is -0.265. The number of aromatic amines is 1. The molecule has 23 heavy (non-hydrogen) atoms. The van der Waals surface area contributed by atoms with Crippen molar-refractivity contribution in [2.24, 2.45) is 5.10 Å². The normalized spacial score (nSPS) is 11.1. The number of nitrogens with zero attached hydrogens (tertiary/aromatic N) is 2. The third-order valence-corrected chi connectivity index (χ3v) is 4.23. The maximum atomic E-state index is 11.5. The van der Waals surface area contributed by atoms with E-state index in [0.29, 0.717) is 22.2 Å². The Hall–Kier alpha value is -1.87. The van der Waals surface area contributed by atoms with Crippen molar-refractivity contribution in [3.63, 3.8) is 0 Å². The number of hydrogen-bond acceptors (Lipinski definition) is 6. The third kappa shape index (κ3) is 4.32. The topological polar surface area (TPSA) is 111 Å². The highest BCUT2D eigenvalue weighted by Gasteiger charge is 2.12. The van der Waals surface area contributed by atoms with Gasteiger partial charge in [0, 0.05) is 17.3 Å². The van der Waals surface area contributed by atoms with E-state index >= 15 is 0 Å². The number of halogens is 2. The Balaban J connectivity index is 2.21. The highest BCUT2D eigenvalue weighted by Crippen LogP contribution is 2.40. The summed E-state index contributed by atoms with van der Waals surface area (Å²) in [4.78, 5) is 18.3. The Kier molecular flexibility index (Phi) is 5.78.